The van der Waals surface area contributed by atoms with E-state index in [9.17, 15) is 0 Å². The number of hydrogen-bond donors (Lipinski definition) is 0. The van der Waals surface area contributed by atoms with E-state index < -0.39 is 5.79 Å². The third kappa shape index (κ3) is 1.77. The molecule has 3 unspecified atom stereocenters. The van der Waals surface area contributed by atoms with Gasteiger partial charge in [0, 0.05) is 15.2 Å². The summed E-state index contributed by atoms with van der Waals surface area (Å²) in [4.78, 5) is 0. The predicted octanol–water partition coefficient (Wildman–Crippen LogP) is 5.30. The Morgan fingerprint density at radius 3 is 2.76 bits per heavy atom. The van der Waals surface area contributed by atoms with E-state index in [2.05, 4.69) is 81.6 Å². The number of benzene rings is 2. The van der Waals surface area contributed by atoms with Crippen LogP contribution in [0.4, 0.5) is 0 Å². The van der Waals surface area contributed by atoms with E-state index in [-0.39, 0.29) is 5.25 Å². The third-order valence-electron chi connectivity index (χ3n) is 4.33. The fourth-order valence-corrected chi connectivity index (χ4v) is 7.18. The summed E-state index contributed by atoms with van der Waals surface area (Å²) in [6.45, 7) is 0. The third-order valence-corrected chi connectivity index (χ3v) is 7.39. The normalized spacial score (nSPS) is 31.0. The van der Waals surface area contributed by atoms with Crippen molar-refractivity contribution in [3.05, 3.63) is 54.7 Å². The van der Waals surface area contributed by atoms with E-state index in [1.54, 1.807) is 0 Å². The van der Waals surface area contributed by atoms with Crippen LogP contribution < -0.4 is 9.47 Å². The largest absolute Gasteiger partial charge is 0.447 e. The molecular formula is C16H10I2O2S. The highest BCUT2D eigenvalue weighted by Crippen LogP contribution is 2.68. The standard InChI is InChI=1S/C16H10I2O2S/c17-8-5-11(18)14-12(6-8)19-16(20-14)7-13-9-3-1-2-4-10(9)15(16)21-13/h1-6,13,15H,7H2. The Kier molecular flexibility index (Phi) is 2.81. The Morgan fingerprint density at radius 1 is 1.10 bits per heavy atom. The van der Waals surface area contributed by atoms with Gasteiger partial charge >= 0.3 is 0 Å². The Hall–Kier alpha value is -0.150. The highest BCUT2D eigenvalue weighted by Gasteiger charge is 2.61. The first-order valence-electron chi connectivity index (χ1n) is 6.78. The molecule has 106 valence electrons. The van der Waals surface area contributed by atoms with Crippen LogP contribution in [0.1, 0.15) is 28.0 Å². The minimum Gasteiger partial charge on any atom is -0.447 e. The van der Waals surface area contributed by atoms with Gasteiger partial charge in [-0.1, -0.05) is 24.3 Å². The first-order valence-corrected chi connectivity index (χ1v) is 9.88. The van der Waals surface area contributed by atoms with Gasteiger partial charge in [-0.3, -0.25) is 0 Å². The molecule has 5 heteroatoms. The van der Waals surface area contributed by atoms with Crippen LogP contribution in [0.5, 0.6) is 11.5 Å². The SMILES string of the molecule is Ic1cc(I)c2c(c1)OC1(CC3SC1c1ccccc13)O2. The second-order valence-electron chi connectivity index (χ2n) is 5.57. The number of rotatable bonds is 0. The van der Waals surface area contributed by atoms with Crippen LogP contribution in [0.15, 0.2) is 36.4 Å². The molecule has 0 amide bonds. The highest BCUT2D eigenvalue weighted by molar-refractivity contribution is 14.1. The summed E-state index contributed by atoms with van der Waals surface area (Å²) in [7, 11) is 0. The zero-order valence-electron chi connectivity index (χ0n) is 10.8. The lowest BCUT2D eigenvalue weighted by molar-refractivity contribution is -0.0842. The van der Waals surface area contributed by atoms with Gasteiger partial charge in [-0.2, -0.15) is 0 Å². The molecule has 3 atom stereocenters. The fourth-order valence-electron chi connectivity index (χ4n) is 3.50. The van der Waals surface area contributed by atoms with Crippen molar-refractivity contribution in [3.8, 4) is 11.5 Å². The molecule has 0 aromatic heterocycles. The molecule has 2 nitrogen and oxygen atoms in total. The van der Waals surface area contributed by atoms with Gasteiger partial charge in [-0.05, 0) is 68.4 Å². The maximum atomic E-state index is 6.38. The Labute approximate surface area is 154 Å². The molecular weight excluding hydrogens is 510 g/mol. The van der Waals surface area contributed by atoms with Gasteiger partial charge in [-0.15, -0.1) is 11.8 Å². The molecule has 2 aromatic carbocycles. The zero-order valence-corrected chi connectivity index (χ0v) is 15.9. The van der Waals surface area contributed by atoms with Gasteiger partial charge in [0.25, 0.3) is 5.79 Å². The minimum absolute atomic E-state index is 0.277. The summed E-state index contributed by atoms with van der Waals surface area (Å²) < 4.78 is 15.1. The van der Waals surface area contributed by atoms with Crippen LogP contribution in [0.2, 0.25) is 0 Å². The minimum atomic E-state index is -0.504. The topological polar surface area (TPSA) is 18.5 Å². The van der Waals surface area contributed by atoms with Crippen LogP contribution in [-0.2, 0) is 0 Å². The molecule has 0 saturated carbocycles. The van der Waals surface area contributed by atoms with E-state index in [4.69, 9.17) is 9.47 Å². The summed E-state index contributed by atoms with van der Waals surface area (Å²) >= 11 is 6.65. The van der Waals surface area contributed by atoms with Gasteiger partial charge in [0.15, 0.2) is 11.5 Å². The van der Waals surface area contributed by atoms with E-state index in [1.165, 1.54) is 14.7 Å². The van der Waals surface area contributed by atoms with Gasteiger partial charge in [0.1, 0.15) is 5.25 Å². The van der Waals surface area contributed by atoms with Crippen LogP contribution in [0, 0.1) is 7.14 Å². The van der Waals surface area contributed by atoms with Crippen LogP contribution >= 0.6 is 56.9 Å². The molecule has 2 aromatic rings. The lowest BCUT2D eigenvalue weighted by atomic mass is 9.87. The number of ether oxygens (including phenoxy) is 2. The van der Waals surface area contributed by atoms with Crippen LogP contribution in [0.3, 0.4) is 0 Å². The van der Waals surface area contributed by atoms with Gasteiger partial charge in [0.05, 0.1) is 3.57 Å². The predicted molar refractivity (Wildman–Crippen MR) is 100.0 cm³/mol. The molecule has 21 heavy (non-hydrogen) atoms. The molecule has 3 aliphatic heterocycles. The molecule has 1 saturated heterocycles. The van der Waals surface area contributed by atoms with E-state index >= 15 is 0 Å². The molecule has 1 fully saturated rings. The molecule has 0 N–H and O–H groups in total. The highest BCUT2D eigenvalue weighted by atomic mass is 127. The Bertz CT molecular complexity index is 779. The van der Waals surface area contributed by atoms with Gasteiger partial charge < -0.3 is 9.47 Å². The first-order chi connectivity index (χ1) is 10.2. The summed E-state index contributed by atoms with van der Waals surface area (Å²) in [5, 5.41) is 0.775. The summed E-state index contributed by atoms with van der Waals surface area (Å²) in [6.07, 6.45) is 0.931. The van der Waals surface area contributed by atoms with Crippen molar-refractivity contribution in [3.63, 3.8) is 0 Å². The second kappa shape index (κ2) is 4.44. The van der Waals surface area contributed by atoms with Crippen molar-refractivity contribution in [2.24, 2.45) is 0 Å². The average Bonchev–Trinajstić information content (AvgIpc) is 3.10. The maximum Gasteiger partial charge on any atom is 0.268 e. The first kappa shape index (κ1) is 13.3. The maximum absolute atomic E-state index is 6.38. The summed E-state index contributed by atoms with van der Waals surface area (Å²) in [5.74, 6) is 1.31. The Balaban J connectivity index is 1.61. The van der Waals surface area contributed by atoms with E-state index in [0.717, 1.165) is 21.5 Å². The second-order valence-corrected chi connectivity index (χ2v) is 9.29. The summed E-state index contributed by atoms with van der Waals surface area (Å²) in [6, 6.07) is 12.9. The lowest BCUT2D eigenvalue weighted by Gasteiger charge is -2.31. The van der Waals surface area contributed by atoms with Crippen molar-refractivity contribution < 1.29 is 9.47 Å². The molecule has 0 aliphatic carbocycles. The lowest BCUT2D eigenvalue weighted by Crippen LogP contribution is -2.42. The Morgan fingerprint density at radius 2 is 1.90 bits per heavy atom. The number of hydrogen-bond acceptors (Lipinski definition) is 3. The van der Waals surface area contributed by atoms with Crippen molar-refractivity contribution in [2.75, 3.05) is 0 Å². The summed E-state index contributed by atoms with van der Waals surface area (Å²) in [5.41, 5.74) is 2.85. The van der Waals surface area contributed by atoms with Crippen molar-refractivity contribution in [1.29, 1.82) is 0 Å². The zero-order chi connectivity index (χ0) is 14.2. The van der Waals surface area contributed by atoms with Crippen LogP contribution in [0.25, 0.3) is 0 Å². The number of fused-ring (bicyclic) bond motifs is 7. The van der Waals surface area contributed by atoms with E-state index in [0.29, 0.717) is 5.25 Å². The number of halogens is 2. The van der Waals surface area contributed by atoms with Gasteiger partial charge in [0.2, 0.25) is 0 Å². The van der Waals surface area contributed by atoms with Crippen molar-refractivity contribution in [2.45, 2.75) is 22.7 Å². The van der Waals surface area contributed by atoms with Gasteiger partial charge in [-0.25, -0.2) is 0 Å². The molecule has 3 aliphatic rings. The molecule has 3 heterocycles. The molecule has 1 spiro atoms. The van der Waals surface area contributed by atoms with Crippen LogP contribution in [-0.4, -0.2) is 5.79 Å². The molecule has 0 radical (unpaired) electrons. The average molecular weight is 520 g/mol. The molecule has 2 bridgehead atoms. The van der Waals surface area contributed by atoms with Crippen molar-refractivity contribution >= 4 is 56.9 Å². The quantitative estimate of drug-likeness (QED) is 0.440. The van der Waals surface area contributed by atoms with Crippen molar-refractivity contribution in [1.82, 2.24) is 0 Å². The van der Waals surface area contributed by atoms with E-state index in [1.807, 2.05) is 11.8 Å². The smallest absolute Gasteiger partial charge is 0.268 e. The molecule has 5 rings (SSSR count). The monoisotopic (exact) mass is 520 g/mol. The fraction of sp³-hybridized carbons (Fsp3) is 0.250. The number of thioether (sulfide) groups is 1.